The molecule has 0 spiro atoms. The van der Waals surface area contributed by atoms with Crippen LogP contribution in [0.15, 0.2) is 42.6 Å². The lowest BCUT2D eigenvalue weighted by Gasteiger charge is -2.07. The van der Waals surface area contributed by atoms with Gasteiger partial charge < -0.3 is 10.4 Å². The van der Waals surface area contributed by atoms with E-state index in [1.54, 1.807) is 19.1 Å². The van der Waals surface area contributed by atoms with Crippen molar-refractivity contribution in [2.75, 3.05) is 0 Å². The fraction of sp³-hybridized carbons (Fsp3) is 0.118. The van der Waals surface area contributed by atoms with Gasteiger partial charge in [0.2, 0.25) is 0 Å². The number of halogens is 1. The van der Waals surface area contributed by atoms with E-state index in [4.69, 9.17) is 5.11 Å². The van der Waals surface area contributed by atoms with E-state index in [1.807, 2.05) is 0 Å². The lowest BCUT2D eigenvalue weighted by molar-refractivity contribution is 0.0696. The van der Waals surface area contributed by atoms with E-state index >= 15 is 0 Å². The number of benzene rings is 1. The second-order valence-corrected chi connectivity index (χ2v) is 5.31. The van der Waals surface area contributed by atoms with Crippen molar-refractivity contribution in [1.29, 1.82) is 0 Å². The van der Waals surface area contributed by atoms with Crippen molar-refractivity contribution in [2.24, 2.45) is 0 Å². The molecule has 0 saturated carbocycles. The number of nitrogens with one attached hydrogen (secondary N) is 1. The lowest BCUT2D eigenvalue weighted by atomic mass is 10.1. The first-order valence-electron chi connectivity index (χ1n) is 7.20. The summed E-state index contributed by atoms with van der Waals surface area (Å²) in [6, 6.07) is 8.99. The van der Waals surface area contributed by atoms with Crippen LogP contribution in [0.4, 0.5) is 4.39 Å². The average molecular weight is 327 g/mol. The molecule has 122 valence electrons. The van der Waals surface area contributed by atoms with Crippen LogP contribution in [0.2, 0.25) is 0 Å². The molecule has 2 heterocycles. The first kappa shape index (κ1) is 15.7. The number of aryl methyl sites for hydroxylation is 1. The number of carbonyl (C=O) groups is 2. The summed E-state index contributed by atoms with van der Waals surface area (Å²) in [5.41, 5.74) is 2.19. The van der Waals surface area contributed by atoms with Crippen LogP contribution in [0.25, 0.3) is 5.65 Å². The Morgan fingerprint density at radius 3 is 2.58 bits per heavy atom. The predicted molar refractivity (Wildman–Crippen MR) is 84.5 cm³/mol. The van der Waals surface area contributed by atoms with Gasteiger partial charge in [0.15, 0.2) is 0 Å². The third-order valence-corrected chi connectivity index (χ3v) is 3.63. The zero-order chi connectivity index (χ0) is 17.3. The molecule has 3 rings (SSSR count). The number of hydrogen-bond donors (Lipinski definition) is 2. The summed E-state index contributed by atoms with van der Waals surface area (Å²) in [7, 11) is 0. The molecule has 1 aromatic carbocycles. The number of imidazole rings is 1. The molecule has 0 fully saturated rings. The third kappa shape index (κ3) is 2.96. The maximum Gasteiger partial charge on any atom is 0.335 e. The Hall–Kier alpha value is -3.22. The Morgan fingerprint density at radius 1 is 1.21 bits per heavy atom. The highest BCUT2D eigenvalue weighted by atomic mass is 19.1. The van der Waals surface area contributed by atoms with Gasteiger partial charge in [-0.05, 0) is 36.8 Å². The molecule has 1 amide bonds. The zero-order valence-corrected chi connectivity index (χ0v) is 12.8. The number of aromatic nitrogens is 2. The van der Waals surface area contributed by atoms with Crippen LogP contribution in [-0.4, -0.2) is 26.4 Å². The summed E-state index contributed by atoms with van der Waals surface area (Å²) in [5, 5.41) is 11.6. The van der Waals surface area contributed by atoms with Crippen LogP contribution in [0, 0.1) is 12.7 Å². The van der Waals surface area contributed by atoms with E-state index < -0.39 is 11.8 Å². The Labute approximate surface area is 136 Å². The van der Waals surface area contributed by atoms with Crippen molar-refractivity contribution in [3.05, 3.63) is 70.9 Å². The van der Waals surface area contributed by atoms with E-state index in [0.29, 0.717) is 11.3 Å². The second-order valence-electron chi connectivity index (χ2n) is 5.31. The molecule has 0 unspecified atom stereocenters. The summed E-state index contributed by atoms with van der Waals surface area (Å²) in [5.74, 6) is -1.85. The Bertz CT molecular complexity index is 932. The number of carboxylic acids is 1. The van der Waals surface area contributed by atoms with Gasteiger partial charge >= 0.3 is 5.97 Å². The first-order valence-corrected chi connectivity index (χ1v) is 7.20. The molecule has 6 nitrogen and oxygen atoms in total. The standard InChI is InChI=1S/C17H14FN3O3/c1-10-15(21-9-13(18)6-7-14(21)20-10)16(22)19-8-11-2-4-12(5-3-11)17(23)24/h2-7,9H,8H2,1H3,(H,19,22)(H,23,24). The fourth-order valence-corrected chi connectivity index (χ4v) is 2.44. The van der Waals surface area contributed by atoms with Crippen LogP contribution in [0.5, 0.6) is 0 Å². The molecule has 0 saturated heterocycles. The van der Waals surface area contributed by atoms with Gasteiger partial charge in [0.1, 0.15) is 17.2 Å². The molecule has 0 aliphatic carbocycles. The summed E-state index contributed by atoms with van der Waals surface area (Å²) in [6.45, 7) is 1.90. The topological polar surface area (TPSA) is 83.7 Å². The molecule has 2 N–H and O–H groups in total. The minimum atomic E-state index is -1.01. The van der Waals surface area contributed by atoms with Crippen molar-refractivity contribution >= 4 is 17.5 Å². The maximum atomic E-state index is 13.4. The molecule has 0 bridgehead atoms. The zero-order valence-electron chi connectivity index (χ0n) is 12.8. The molecule has 7 heteroatoms. The van der Waals surface area contributed by atoms with Crippen LogP contribution < -0.4 is 5.32 Å². The van der Waals surface area contributed by atoms with E-state index in [2.05, 4.69) is 10.3 Å². The lowest BCUT2D eigenvalue weighted by Crippen LogP contribution is -2.25. The molecular formula is C17H14FN3O3. The van der Waals surface area contributed by atoms with E-state index in [9.17, 15) is 14.0 Å². The summed E-state index contributed by atoms with van der Waals surface area (Å²) < 4.78 is 14.8. The van der Waals surface area contributed by atoms with Crippen molar-refractivity contribution in [1.82, 2.24) is 14.7 Å². The third-order valence-electron chi connectivity index (χ3n) is 3.63. The SMILES string of the molecule is Cc1nc2ccc(F)cn2c1C(=O)NCc1ccc(C(=O)O)cc1. The van der Waals surface area contributed by atoms with Gasteiger partial charge in [0.25, 0.3) is 5.91 Å². The van der Waals surface area contributed by atoms with Crippen molar-refractivity contribution in [2.45, 2.75) is 13.5 Å². The van der Waals surface area contributed by atoms with Gasteiger partial charge in [-0.2, -0.15) is 0 Å². The van der Waals surface area contributed by atoms with Crippen LogP contribution >= 0.6 is 0 Å². The molecular weight excluding hydrogens is 313 g/mol. The maximum absolute atomic E-state index is 13.4. The van der Waals surface area contributed by atoms with Gasteiger partial charge in [-0.1, -0.05) is 12.1 Å². The van der Waals surface area contributed by atoms with Crippen molar-refractivity contribution in [3.63, 3.8) is 0 Å². The molecule has 0 radical (unpaired) electrons. The average Bonchev–Trinajstić information content (AvgIpc) is 2.88. The van der Waals surface area contributed by atoms with Crippen LogP contribution in [0.1, 0.15) is 32.1 Å². The molecule has 0 aliphatic rings. The van der Waals surface area contributed by atoms with Gasteiger partial charge in [-0.3, -0.25) is 9.20 Å². The second kappa shape index (κ2) is 6.11. The minimum Gasteiger partial charge on any atom is -0.478 e. The molecule has 0 atom stereocenters. The normalized spacial score (nSPS) is 10.8. The number of aromatic carboxylic acids is 1. The highest BCUT2D eigenvalue weighted by molar-refractivity contribution is 5.94. The molecule has 2 aromatic heterocycles. The Kier molecular flexibility index (Phi) is 3.99. The summed E-state index contributed by atoms with van der Waals surface area (Å²) in [6.07, 6.45) is 1.21. The monoisotopic (exact) mass is 327 g/mol. The summed E-state index contributed by atoms with van der Waals surface area (Å²) in [4.78, 5) is 27.5. The number of rotatable bonds is 4. The first-order chi connectivity index (χ1) is 11.5. The summed E-state index contributed by atoms with van der Waals surface area (Å²) >= 11 is 0. The van der Waals surface area contributed by atoms with E-state index in [-0.39, 0.29) is 23.7 Å². The fourth-order valence-electron chi connectivity index (χ4n) is 2.44. The van der Waals surface area contributed by atoms with Gasteiger partial charge in [-0.25, -0.2) is 14.2 Å². The molecule has 3 aromatic rings. The predicted octanol–water partition coefficient (Wildman–Crippen LogP) is 2.41. The largest absolute Gasteiger partial charge is 0.478 e. The highest BCUT2D eigenvalue weighted by Gasteiger charge is 2.16. The van der Waals surface area contributed by atoms with Gasteiger partial charge in [-0.15, -0.1) is 0 Å². The van der Waals surface area contributed by atoms with Gasteiger partial charge in [0, 0.05) is 12.7 Å². The number of nitrogens with zero attached hydrogens (tertiary/aromatic N) is 2. The van der Waals surface area contributed by atoms with Crippen LogP contribution in [0.3, 0.4) is 0 Å². The highest BCUT2D eigenvalue weighted by Crippen LogP contribution is 2.13. The van der Waals surface area contributed by atoms with E-state index in [1.165, 1.54) is 34.9 Å². The number of pyridine rings is 1. The molecule has 24 heavy (non-hydrogen) atoms. The van der Waals surface area contributed by atoms with E-state index in [0.717, 1.165) is 5.56 Å². The van der Waals surface area contributed by atoms with Crippen molar-refractivity contribution < 1.29 is 19.1 Å². The van der Waals surface area contributed by atoms with Gasteiger partial charge in [0.05, 0.1) is 11.3 Å². The number of fused-ring (bicyclic) bond motifs is 1. The number of carboxylic acid groups (broad SMARTS) is 1. The number of carbonyl (C=O) groups excluding carboxylic acids is 1. The Balaban J connectivity index is 1.79. The smallest absolute Gasteiger partial charge is 0.335 e. The minimum absolute atomic E-state index is 0.179. The number of amides is 1. The quantitative estimate of drug-likeness (QED) is 0.771. The molecule has 0 aliphatic heterocycles. The number of hydrogen-bond acceptors (Lipinski definition) is 3. The van der Waals surface area contributed by atoms with Crippen LogP contribution in [-0.2, 0) is 6.54 Å². The Morgan fingerprint density at radius 2 is 1.92 bits per heavy atom. The van der Waals surface area contributed by atoms with Crippen molar-refractivity contribution in [3.8, 4) is 0 Å².